The van der Waals surface area contributed by atoms with Crippen molar-refractivity contribution in [2.45, 2.75) is 51.9 Å². The van der Waals surface area contributed by atoms with Crippen LogP contribution in [-0.2, 0) is 9.31 Å². The van der Waals surface area contributed by atoms with Crippen LogP contribution in [-0.4, -0.2) is 65.1 Å². The maximum atomic E-state index is 11.2. The van der Waals surface area contributed by atoms with E-state index in [9.17, 15) is 9.90 Å². The number of pyridine rings is 1. The van der Waals surface area contributed by atoms with Gasteiger partial charge in [-0.2, -0.15) is 0 Å². The molecule has 1 aromatic heterocycles. The minimum Gasteiger partial charge on any atom is -0.465 e. The van der Waals surface area contributed by atoms with Gasteiger partial charge in [0.1, 0.15) is 5.82 Å². The monoisotopic (exact) mass is 347 g/mol. The number of hydrogen-bond acceptors (Lipinski definition) is 5. The molecule has 1 N–H and O–H groups in total. The summed E-state index contributed by atoms with van der Waals surface area (Å²) in [6.07, 6.45) is 0.885. The summed E-state index contributed by atoms with van der Waals surface area (Å²) in [6.45, 7) is 11.7. The second kappa shape index (κ2) is 6.18. The van der Waals surface area contributed by atoms with E-state index in [-0.39, 0.29) is 17.2 Å². The fourth-order valence-corrected chi connectivity index (χ4v) is 3.18. The van der Waals surface area contributed by atoms with Crippen molar-refractivity contribution < 1.29 is 19.2 Å². The summed E-state index contributed by atoms with van der Waals surface area (Å²) in [6, 6.07) is 3.81. The lowest BCUT2D eigenvalue weighted by Crippen LogP contribution is -2.54. The zero-order valence-electron chi connectivity index (χ0n) is 15.5. The van der Waals surface area contributed by atoms with Crippen LogP contribution in [0.2, 0.25) is 0 Å². The third-order valence-corrected chi connectivity index (χ3v) is 5.49. The molecule has 2 fully saturated rings. The first-order valence-electron chi connectivity index (χ1n) is 8.67. The van der Waals surface area contributed by atoms with Crippen molar-refractivity contribution in [2.75, 3.05) is 24.5 Å². The van der Waals surface area contributed by atoms with Crippen molar-refractivity contribution in [3.63, 3.8) is 0 Å². The van der Waals surface area contributed by atoms with Crippen LogP contribution in [0.5, 0.6) is 0 Å². The van der Waals surface area contributed by atoms with Crippen LogP contribution in [0, 0.1) is 0 Å². The van der Waals surface area contributed by atoms with Crippen molar-refractivity contribution in [3.05, 3.63) is 18.3 Å². The highest BCUT2D eigenvalue weighted by Crippen LogP contribution is 2.36. The van der Waals surface area contributed by atoms with Gasteiger partial charge in [-0.3, -0.25) is 0 Å². The van der Waals surface area contributed by atoms with Crippen molar-refractivity contribution in [1.82, 2.24) is 9.88 Å². The van der Waals surface area contributed by atoms with E-state index in [2.05, 4.69) is 9.88 Å². The molecular formula is C17H26BN3O4. The summed E-state index contributed by atoms with van der Waals surface area (Å²) in [7, 11) is -0.426. The predicted molar refractivity (Wildman–Crippen MR) is 96.4 cm³/mol. The Labute approximate surface area is 149 Å². The fraction of sp³-hybridized carbons (Fsp3) is 0.647. The zero-order chi connectivity index (χ0) is 18.4. The number of carbonyl (C=O) groups is 1. The van der Waals surface area contributed by atoms with Crippen molar-refractivity contribution in [1.29, 1.82) is 0 Å². The average Bonchev–Trinajstić information content (AvgIpc) is 2.75. The molecule has 0 spiro atoms. The van der Waals surface area contributed by atoms with Gasteiger partial charge in [-0.1, -0.05) is 0 Å². The van der Waals surface area contributed by atoms with Crippen molar-refractivity contribution in [2.24, 2.45) is 0 Å². The summed E-state index contributed by atoms with van der Waals surface area (Å²) >= 11 is 0. The van der Waals surface area contributed by atoms with E-state index < -0.39 is 13.2 Å². The Morgan fingerprint density at radius 3 is 2.48 bits per heavy atom. The van der Waals surface area contributed by atoms with Crippen LogP contribution >= 0.6 is 0 Å². The second-order valence-electron chi connectivity index (χ2n) is 7.81. The van der Waals surface area contributed by atoms with Gasteiger partial charge in [0.25, 0.3) is 0 Å². The minimum atomic E-state index is -0.869. The van der Waals surface area contributed by atoms with E-state index in [1.54, 1.807) is 6.20 Å². The fourth-order valence-electron chi connectivity index (χ4n) is 3.18. The topological polar surface area (TPSA) is 75.1 Å². The van der Waals surface area contributed by atoms with Gasteiger partial charge in [0.2, 0.25) is 0 Å². The largest absolute Gasteiger partial charge is 0.495 e. The van der Waals surface area contributed by atoms with Crippen molar-refractivity contribution in [3.8, 4) is 0 Å². The maximum Gasteiger partial charge on any atom is 0.495 e. The summed E-state index contributed by atoms with van der Waals surface area (Å²) in [5.74, 6) is 0.823. The van der Waals surface area contributed by atoms with Crippen LogP contribution in [0.1, 0.15) is 34.6 Å². The number of hydrogen-bond donors (Lipinski definition) is 1. The quantitative estimate of drug-likeness (QED) is 0.819. The molecule has 2 aliphatic rings. The molecule has 1 atom stereocenters. The third-order valence-electron chi connectivity index (χ3n) is 5.49. The Bertz CT molecular complexity index is 651. The first-order valence-corrected chi connectivity index (χ1v) is 8.67. The van der Waals surface area contributed by atoms with E-state index in [1.807, 2.05) is 46.8 Å². The number of anilines is 1. The molecule has 25 heavy (non-hydrogen) atoms. The standard InChI is InChI=1S/C17H26BN3O4/c1-12-11-20(8-9-21(12)15(22)23)14-10-13(6-7-19-14)18-24-16(2,3)17(4,5)25-18/h6-7,10,12H,8-9,11H2,1-5H3,(H,22,23). The molecule has 136 valence electrons. The number of piperazine rings is 1. The molecule has 7 nitrogen and oxygen atoms in total. The zero-order valence-corrected chi connectivity index (χ0v) is 15.5. The molecule has 8 heteroatoms. The molecule has 0 bridgehead atoms. The molecule has 0 aromatic carbocycles. The Morgan fingerprint density at radius 2 is 1.92 bits per heavy atom. The normalized spacial score (nSPS) is 25.3. The number of amides is 1. The molecule has 3 heterocycles. The lowest BCUT2D eigenvalue weighted by Gasteiger charge is -2.38. The van der Waals surface area contributed by atoms with Gasteiger partial charge in [0.05, 0.1) is 11.2 Å². The highest BCUT2D eigenvalue weighted by molar-refractivity contribution is 6.62. The number of aromatic nitrogens is 1. The van der Waals surface area contributed by atoms with Crippen LogP contribution in [0.3, 0.4) is 0 Å². The first-order chi connectivity index (χ1) is 11.6. The molecule has 0 saturated carbocycles. The molecule has 0 radical (unpaired) electrons. The molecule has 1 unspecified atom stereocenters. The van der Waals surface area contributed by atoms with Gasteiger partial charge >= 0.3 is 13.2 Å². The van der Waals surface area contributed by atoms with Crippen LogP contribution in [0.15, 0.2) is 18.3 Å². The first kappa shape index (κ1) is 18.0. The van der Waals surface area contributed by atoms with Crippen LogP contribution in [0.25, 0.3) is 0 Å². The lowest BCUT2D eigenvalue weighted by molar-refractivity contribution is 0.00578. The van der Waals surface area contributed by atoms with E-state index in [4.69, 9.17) is 9.31 Å². The van der Waals surface area contributed by atoms with E-state index >= 15 is 0 Å². The summed E-state index contributed by atoms with van der Waals surface area (Å²) < 4.78 is 12.2. The number of nitrogens with zero attached hydrogens (tertiary/aromatic N) is 3. The Hall–Kier alpha value is -1.80. The average molecular weight is 347 g/mol. The van der Waals surface area contributed by atoms with Crippen LogP contribution in [0.4, 0.5) is 10.6 Å². The maximum absolute atomic E-state index is 11.2. The Morgan fingerprint density at radius 1 is 1.28 bits per heavy atom. The van der Waals surface area contributed by atoms with Gasteiger partial charge in [0, 0.05) is 31.9 Å². The summed E-state index contributed by atoms with van der Waals surface area (Å²) in [4.78, 5) is 19.3. The molecule has 2 aliphatic heterocycles. The smallest absolute Gasteiger partial charge is 0.465 e. The SMILES string of the molecule is CC1CN(c2cc(B3OC(C)(C)C(C)(C)O3)ccn2)CCN1C(=O)O. The second-order valence-corrected chi connectivity index (χ2v) is 7.81. The molecule has 1 amide bonds. The molecular weight excluding hydrogens is 321 g/mol. The Kier molecular flexibility index (Phi) is 4.45. The summed E-state index contributed by atoms with van der Waals surface area (Å²) in [5.41, 5.74) is 0.155. The van der Waals surface area contributed by atoms with E-state index in [1.165, 1.54) is 4.90 Å². The number of rotatable bonds is 2. The van der Waals surface area contributed by atoms with Gasteiger partial charge in [-0.05, 0) is 52.2 Å². The van der Waals surface area contributed by atoms with Crippen molar-refractivity contribution >= 4 is 24.5 Å². The lowest BCUT2D eigenvalue weighted by atomic mass is 9.79. The van der Waals surface area contributed by atoms with Gasteiger partial charge in [-0.25, -0.2) is 9.78 Å². The van der Waals surface area contributed by atoms with Gasteiger partial charge in [0.15, 0.2) is 0 Å². The molecule has 1 aromatic rings. The Balaban J connectivity index is 1.76. The number of carboxylic acid groups (broad SMARTS) is 1. The molecule has 3 rings (SSSR count). The van der Waals surface area contributed by atoms with Crippen LogP contribution < -0.4 is 10.4 Å². The third kappa shape index (κ3) is 3.33. The van der Waals surface area contributed by atoms with Gasteiger partial charge < -0.3 is 24.2 Å². The molecule has 0 aliphatic carbocycles. The molecule has 2 saturated heterocycles. The minimum absolute atomic E-state index is 0.0754. The highest BCUT2D eigenvalue weighted by Gasteiger charge is 2.51. The summed E-state index contributed by atoms with van der Waals surface area (Å²) in [5, 5.41) is 9.21. The predicted octanol–water partition coefficient (Wildman–Crippen LogP) is 1.57. The van der Waals surface area contributed by atoms with E-state index in [0.29, 0.717) is 19.6 Å². The van der Waals surface area contributed by atoms with E-state index in [0.717, 1.165) is 11.3 Å². The van der Waals surface area contributed by atoms with Gasteiger partial charge in [-0.15, -0.1) is 0 Å². The highest BCUT2D eigenvalue weighted by atomic mass is 16.7.